The van der Waals surface area contributed by atoms with Crippen molar-refractivity contribution in [1.82, 2.24) is 9.97 Å². The summed E-state index contributed by atoms with van der Waals surface area (Å²) in [5, 5.41) is 0.927. The fourth-order valence-electron chi connectivity index (χ4n) is 1.98. The average molecular weight is 319 g/mol. The van der Waals surface area contributed by atoms with E-state index in [4.69, 9.17) is 5.73 Å². The Morgan fingerprint density at radius 1 is 1.29 bits per heavy atom. The van der Waals surface area contributed by atoms with E-state index in [0.717, 1.165) is 21.5 Å². The van der Waals surface area contributed by atoms with E-state index in [1.165, 1.54) is 28.8 Å². The number of aryl methyl sites for hydroxylation is 1. The predicted molar refractivity (Wildman–Crippen MR) is 87.2 cm³/mol. The number of halogens is 1. The summed E-state index contributed by atoms with van der Waals surface area (Å²) in [6.07, 6.45) is 0.966. The van der Waals surface area contributed by atoms with Crippen LogP contribution in [0.5, 0.6) is 0 Å². The second-order valence-corrected chi connectivity index (χ2v) is 6.72. The number of hydrogen-bond acceptors (Lipinski definition) is 5. The predicted octanol–water partition coefficient (Wildman–Crippen LogP) is 4.27. The molecule has 0 spiro atoms. The van der Waals surface area contributed by atoms with Gasteiger partial charge in [-0.3, -0.25) is 0 Å². The van der Waals surface area contributed by atoms with Crippen LogP contribution < -0.4 is 5.73 Å². The van der Waals surface area contributed by atoms with E-state index in [1.54, 1.807) is 17.4 Å². The topological polar surface area (TPSA) is 51.8 Å². The van der Waals surface area contributed by atoms with Crippen molar-refractivity contribution in [3.8, 4) is 0 Å². The summed E-state index contributed by atoms with van der Waals surface area (Å²) >= 11 is 3.15. The van der Waals surface area contributed by atoms with Gasteiger partial charge < -0.3 is 5.73 Å². The fourth-order valence-corrected chi connectivity index (χ4v) is 3.77. The van der Waals surface area contributed by atoms with Crippen molar-refractivity contribution in [3.63, 3.8) is 0 Å². The van der Waals surface area contributed by atoms with E-state index in [0.29, 0.717) is 17.4 Å². The van der Waals surface area contributed by atoms with Crippen molar-refractivity contribution in [2.75, 3.05) is 5.73 Å². The third kappa shape index (κ3) is 3.16. The molecule has 0 atom stereocenters. The molecule has 2 heterocycles. The van der Waals surface area contributed by atoms with Gasteiger partial charge in [0.2, 0.25) is 0 Å². The van der Waals surface area contributed by atoms with Crippen LogP contribution in [-0.2, 0) is 12.2 Å². The highest BCUT2D eigenvalue weighted by molar-refractivity contribution is 7.98. The van der Waals surface area contributed by atoms with Gasteiger partial charge in [-0.25, -0.2) is 14.4 Å². The zero-order valence-corrected chi connectivity index (χ0v) is 13.1. The Balaban J connectivity index is 1.84. The first-order valence-corrected chi connectivity index (χ1v) is 8.39. The Kier molecular flexibility index (Phi) is 4.07. The van der Waals surface area contributed by atoms with Crippen molar-refractivity contribution < 1.29 is 4.39 Å². The molecule has 0 bridgehead atoms. The molecule has 0 saturated carbocycles. The van der Waals surface area contributed by atoms with Crippen molar-refractivity contribution in [2.45, 2.75) is 24.0 Å². The van der Waals surface area contributed by atoms with Crippen LogP contribution in [0.3, 0.4) is 0 Å². The van der Waals surface area contributed by atoms with E-state index in [1.807, 2.05) is 6.07 Å². The highest BCUT2D eigenvalue weighted by Crippen LogP contribution is 2.29. The summed E-state index contributed by atoms with van der Waals surface area (Å²) in [6.45, 7) is 2.11. The van der Waals surface area contributed by atoms with Gasteiger partial charge in [0.1, 0.15) is 22.3 Å². The van der Waals surface area contributed by atoms with Gasteiger partial charge in [0.25, 0.3) is 0 Å². The number of thioether (sulfide) groups is 1. The lowest BCUT2D eigenvalue weighted by atomic mass is 10.3. The maximum Gasteiger partial charge on any atom is 0.142 e. The molecule has 0 aliphatic rings. The molecule has 1 aromatic carbocycles. The van der Waals surface area contributed by atoms with Gasteiger partial charge in [0, 0.05) is 9.77 Å². The summed E-state index contributed by atoms with van der Waals surface area (Å²) in [6, 6.07) is 8.56. The van der Waals surface area contributed by atoms with Gasteiger partial charge in [-0.15, -0.1) is 23.1 Å². The van der Waals surface area contributed by atoms with Crippen LogP contribution >= 0.6 is 23.1 Å². The van der Waals surface area contributed by atoms with E-state index in [2.05, 4.69) is 23.0 Å². The van der Waals surface area contributed by atoms with E-state index >= 15 is 0 Å². The van der Waals surface area contributed by atoms with Gasteiger partial charge in [-0.05, 0) is 30.7 Å². The quantitative estimate of drug-likeness (QED) is 0.730. The first-order valence-electron chi connectivity index (χ1n) is 6.59. The third-order valence-electron chi connectivity index (χ3n) is 3.03. The van der Waals surface area contributed by atoms with E-state index < -0.39 is 0 Å². The van der Waals surface area contributed by atoms with Crippen LogP contribution in [0.2, 0.25) is 0 Å². The molecule has 3 aromatic rings. The van der Waals surface area contributed by atoms with Crippen molar-refractivity contribution in [1.29, 1.82) is 0 Å². The molecule has 21 heavy (non-hydrogen) atoms. The molecule has 0 aliphatic heterocycles. The van der Waals surface area contributed by atoms with Gasteiger partial charge in [0.05, 0.1) is 11.1 Å². The standard InChI is InChI=1S/C15H14FN3S2/c1-2-10-7-12-14(17)18-13(19-15(12)21-10)8-20-11-5-3-4-9(16)6-11/h3-7H,2,8H2,1H3,(H2,17,18,19). The number of thiophene rings is 1. The van der Waals surface area contributed by atoms with Crippen molar-refractivity contribution in [2.24, 2.45) is 0 Å². The Morgan fingerprint density at radius 2 is 2.14 bits per heavy atom. The molecule has 3 rings (SSSR count). The minimum Gasteiger partial charge on any atom is -0.383 e. The zero-order chi connectivity index (χ0) is 14.8. The van der Waals surface area contributed by atoms with Crippen LogP contribution in [0.25, 0.3) is 10.2 Å². The van der Waals surface area contributed by atoms with Gasteiger partial charge in [-0.1, -0.05) is 13.0 Å². The summed E-state index contributed by atoms with van der Waals surface area (Å²) in [5.74, 6) is 1.54. The first kappa shape index (κ1) is 14.3. The number of anilines is 1. The van der Waals surface area contributed by atoms with Crippen LogP contribution in [0.1, 0.15) is 17.6 Å². The summed E-state index contributed by atoms with van der Waals surface area (Å²) < 4.78 is 13.1. The molecule has 6 heteroatoms. The highest BCUT2D eigenvalue weighted by atomic mass is 32.2. The molecule has 2 aromatic heterocycles. The first-order chi connectivity index (χ1) is 10.2. The Bertz CT molecular complexity index is 786. The Labute approximate surface area is 130 Å². The largest absolute Gasteiger partial charge is 0.383 e. The summed E-state index contributed by atoms with van der Waals surface area (Å²) in [7, 11) is 0. The fraction of sp³-hybridized carbons (Fsp3) is 0.200. The van der Waals surface area contributed by atoms with Crippen LogP contribution in [-0.4, -0.2) is 9.97 Å². The Morgan fingerprint density at radius 3 is 2.90 bits per heavy atom. The second kappa shape index (κ2) is 5.99. The molecule has 0 aliphatic carbocycles. The average Bonchev–Trinajstić information content (AvgIpc) is 2.89. The molecular weight excluding hydrogens is 305 g/mol. The molecule has 0 fully saturated rings. The molecule has 0 unspecified atom stereocenters. The number of rotatable bonds is 4. The molecule has 0 amide bonds. The lowest BCUT2D eigenvalue weighted by molar-refractivity contribution is 0.624. The maximum absolute atomic E-state index is 13.1. The lowest BCUT2D eigenvalue weighted by Gasteiger charge is -2.03. The minimum absolute atomic E-state index is 0.235. The van der Waals surface area contributed by atoms with Crippen molar-refractivity contribution >= 4 is 39.1 Å². The number of aromatic nitrogens is 2. The number of nitrogen functional groups attached to an aromatic ring is 1. The molecule has 2 N–H and O–H groups in total. The van der Waals surface area contributed by atoms with E-state index in [-0.39, 0.29) is 5.82 Å². The molecule has 108 valence electrons. The number of fused-ring (bicyclic) bond motifs is 1. The number of hydrogen-bond donors (Lipinski definition) is 1. The van der Waals surface area contributed by atoms with Crippen molar-refractivity contribution in [3.05, 3.63) is 46.9 Å². The van der Waals surface area contributed by atoms with Crippen LogP contribution in [0, 0.1) is 5.82 Å². The molecule has 0 radical (unpaired) electrons. The maximum atomic E-state index is 13.1. The van der Waals surface area contributed by atoms with Gasteiger partial charge >= 0.3 is 0 Å². The number of benzene rings is 1. The van der Waals surface area contributed by atoms with Gasteiger partial charge in [0.15, 0.2) is 0 Å². The minimum atomic E-state index is -0.235. The summed E-state index contributed by atoms with van der Waals surface area (Å²) in [4.78, 5) is 11.9. The second-order valence-electron chi connectivity index (χ2n) is 4.56. The Hall–Kier alpha value is -1.66. The normalized spacial score (nSPS) is 11.1. The lowest BCUT2D eigenvalue weighted by Crippen LogP contribution is -1.98. The third-order valence-corrected chi connectivity index (χ3v) is 5.20. The van der Waals surface area contributed by atoms with Crippen LogP contribution in [0.4, 0.5) is 10.2 Å². The number of nitrogens with two attached hydrogens (primary N) is 1. The molecule has 3 nitrogen and oxygen atoms in total. The van der Waals surface area contributed by atoms with Crippen LogP contribution in [0.15, 0.2) is 35.2 Å². The monoisotopic (exact) mass is 319 g/mol. The summed E-state index contributed by atoms with van der Waals surface area (Å²) in [5.41, 5.74) is 6.00. The molecule has 0 saturated heterocycles. The molecular formula is C15H14FN3S2. The van der Waals surface area contributed by atoms with E-state index in [9.17, 15) is 4.39 Å². The smallest absolute Gasteiger partial charge is 0.142 e. The van der Waals surface area contributed by atoms with Gasteiger partial charge in [-0.2, -0.15) is 0 Å². The SMILES string of the molecule is CCc1cc2c(N)nc(CSc3cccc(F)c3)nc2s1. The highest BCUT2D eigenvalue weighted by Gasteiger charge is 2.09. The number of nitrogens with zero attached hydrogens (tertiary/aromatic N) is 2. The zero-order valence-electron chi connectivity index (χ0n) is 11.5.